The highest BCUT2D eigenvalue weighted by Crippen LogP contribution is 2.43. The molecule has 7 heteroatoms. The Labute approximate surface area is 168 Å². The lowest BCUT2D eigenvalue weighted by atomic mass is 9.91. The molecule has 3 heterocycles. The van der Waals surface area contributed by atoms with E-state index >= 15 is 0 Å². The maximum Gasteiger partial charge on any atom is 0.227 e. The molecule has 5 nitrogen and oxygen atoms in total. The van der Waals surface area contributed by atoms with E-state index in [-0.39, 0.29) is 17.6 Å². The molecule has 2 atom stereocenters. The minimum atomic E-state index is -0.333. The van der Waals surface area contributed by atoms with Crippen LogP contribution < -0.4 is 4.90 Å². The minimum Gasteiger partial charge on any atom is -0.378 e. The zero-order valence-electron chi connectivity index (χ0n) is 15.9. The summed E-state index contributed by atoms with van der Waals surface area (Å²) in [4.78, 5) is 19.5. The van der Waals surface area contributed by atoms with Crippen LogP contribution in [0.2, 0.25) is 0 Å². The van der Waals surface area contributed by atoms with E-state index in [1.54, 1.807) is 35.1 Å². The van der Waals surface area contributed by atoms with Crippen LogP contribution >= 0.6 is 23.1 Å². The molecule has 0 aliphatic carbocycles. The highest BCUT2D eigenvalue weighted by molar-refractivity contribution is 8.01. The second-order valence-corrected chi connectivity index (χ2v) is 9.57. The number of anilines is 1. The number of rotatable bonds is 4. The number of aryl methyl sites for hydroxylation is 1. The Balaban J connectivity index is 1.54. The summed E-state index contributed by atoms with van der Waals surface area (Å²) in [5.74, 6) is 0.186. The van der Waals surface area contributed by atoms with Gasteiger partial charge in [0.15, 0.2) is 0 Å². The molecule has 1 aromatic heterocycles. The van der Waals surface area contributed by atoms with E-state index in [1.165, 1.54) is 10.5 Å². The Morgan fingerprint density at radius 3 is 3.04 bits per heavy atom. The smallest absolute Gasteiger partial charge is 0.227 e. The number of nitrogens with zero attached hydrogens (tertiary/aromatic N) is 2. The van der Waals surface area contributed by atoms with Gasteiger partial charge in [-0.05, 0) is 37.1 Å². The Bertz CT molecular complexity index is 854. The summed E-state index contributed by atoms with van der Waals surface area (Å²) in [6, 6.07) is 6.33. The van der Waals surface area contributed by atoms with Crippen LogP contribution in [0.5, 0.6) is 0 Å². The van der Waals surface area contributed by atoms with E-state index in [9.17, 15) is 4.79 Å². The summed E-state index contributed by atoms with van der Waals surface area (Å²) in [6.07, 6.45) is 5.19. The van der Waals surface area contributed by atoms with E-state index < -0.39 is 0 Å². The lowest BCUT2D eigenvalue weighted by Crippen LogP contribution is -2.39. The van der Waals surface area contributed by atoms with Crippen molar-refractivity contribution in [1.82, 2.24) is 4.98 Å². The van der Waals surface area contributed by atoms with Gasteiger partial charge in [0.2, 0.25) is 5.91 Å². The second-order valence-electron chi connectivity index (χ2n) is 7.16. The molecule has 1 fully saturated rings. The van der Waals surface area contributed by atoms with Crippen LogP contribution in [-0.2, 0) is 26.3 Å². The summed E-state index contributed by atoms with van der Waals surface area (Å²) >= 11 is 3.43. The first kappa shape index (κ1) is 18.9. The average Bonchev–Trinajstić information content (AvgIpc) is 3.14. The number of ether oxygens (including phenoxy) is 2. The topological polar surface area (TPSA) is 51.7 Å². The SMILES string of the molecule is CO[C@]1(c2ncc(Sc3ccc4c(c3)CCC(=O)N4C)s2)CCO[C@@H](C)C1. The van der Waals surface area contributed by atoms with Crippen LogP contribution in [0.4, 0.5) is 5.69 Å². The summed E-state index contributed by atoms with van der Waals surface area (Å²) in [6.45, 7) is 2.79. The van der Waals surface area contributed by atoms with Crippen molar-refractivity contribution in [1.29, 1.82) is 0 Å². The molecule has 0 unspecified atom stereocenters. The van der Waals surface area contributed by atoms with E-state index in [0.29, 0.717) is 13.0 Å². The van der Waals surface area contributed by atoms with Gasteiger partial charge in [0.05, 0.1) is 23.1 Å². The Morgan fingerprint density at radius 1 is 1.41 bits per heavy atom. The van der Waals surface area contributed by atoms with Gasteiger partial charge in [0.1, 0.15) is 10.6 Å². The molecule has 2 aliphatic rings. The minimum absolute atomic E-state index is 0.180. The molecule has 1 aromatic carbocycles. The third kappa shape index (κ3) is 3.66. The van der Waals surface area contributed by atoms with Crippen LogP contribution in [0.3, 0.4) is 0 Å². The van der Waals surface area contributed by atoms with Crippen molar-refractivity contribution in [2.45, 2.75) is 53.4 Å². The van der Waals surface area contributed by atoms with Crippen molar-refractivity contribution in [3.8, 4) is 0 Å². The van der Waals surface area contributed by atoms with Gasteiger partial charge < -0.3 is 14.4 Å². The van der Waals surface area contributed by atoms with Crippen LogP contribution in [0.25, 0.3) is 0 Å². The lowest BCUT2D eigenvalue weighted by Gasteiger charge is -2.37. The van der Waals surface area contributed by atoms with Gasteiger partial charge in [-0.2, -0.15) is 0 Å². The van der Waals surface area contributed by atoms with Gasteiger partial charge in [-0.3, -0.25) is 4.79 Å². The number of methoxy groups -OCH3 is 1. The normalized spacial score (nSPS) is 25.5. The van der Waals surface area contributed by atoms with Crippen LogP contribution in [-0.4, -0.2) is 37.8 Å². The number of carbonyl (C=O) groups is 1. The fourth-order valence-corrected chi connectivity index (χ4v) is 6.07. The number of aromatic nitrogens is 1. The first-order chi connectivity index (χ1) is 13.0. The van der Waals surface area contributed by atoms with Crippen molar-refractivity contribution in [2.75, 3.05) is 25.7 Å². The molecule has 144 valence electrons. The molecular weight excluding hydrogens is 380 g/mol. The first-order valence-corrected chi connectivity index (χ1v) is 10.8. The predicted octanol–water partition coefficient (Wildman–Crippen LogP) is 4.24. The fraction of sp³-hybridized carbons (Fsp3) is 0.500. The van der Waals surface area contributed by atoms with Crippen molar-refractivity contribution in [3.63, 3.8) is 0 Å². The van der Waals surface area contributed by atoms with Crippen molar-refractivity contribution in [3.05, 3.63) is 35.0 Å². The lowest BCUT2D eigenvalue weighted by molar-refractivity contribution is -0.122. The molecule has 0 N–H and O–H groups in total. The molecule has 0 saturated carbocycles. The van der Waals surface area contributed by atoms with Crippen molar-refractivity contribution in [2.24, 2.45) is 0 Å². The fourth-order valence-electron chi connectivity index (χ4n) is 3.85. The van der Waals surface area contributed by atoms with Crippen LogP contribution in [0.15, 0.2) is 33.5 Å². The molecule has 0 radical (unpaired) electrons. The molecular formula is C20H24N2O3S2. The van der Waals surface area contributed by atoms with Gasteiger partial charge >= 0.3 is 0 Å². The summed E-state index contributed by atoms with van der Waals surface area (Å²) in [7, 11) is 3.62. The van der Waals surface area contributed by atoms with Gasteiger partial charge in [-0.1, -0.05) is 11.8 Å². The summed E-state index contributed by atoms with van der Waals surface area (Å²) in [5.41, 5.74) is 1.92. The summed E-state index contributed by atoms with van der Waals surface area (Å²) < 4.78 is 12.8. The molecule has 0 spiro atoms. The highest BCUT2D eigenvalue weighted by atomic mass is 32.2. The number of carbonyl (C=O) groups excluding carboxylic acids is 1. The first-order valence-electron chi connectivity index (χ1n) is 9.21. The molecule has 2 aliphatic heterocycles. The largest absolute Gasteiger partial charge is 0.378 e. The van der Waals surface area contributed by atoms with Gasteiger partial charge in [0, 0.05) is 44.0 Å². The zero-order valence-corrected chi connectivity index (χ0v) is 17.5. The predicted molar refractivity (Wildman–Crippen MR) is 108 cm³/mol. The van der Waals surface area contributed by atoms with Crippen molar-refractivity contribution >= 4 is 34.7 Å². The number of hydrogen-bond donors (Lipinski definition) is 0. The van der Waals surface area contributed by atoms with E-state index in [2.05, 4.69) is 24.0 Å². The molecule has 4 rings (SSSR count). The van der Waals surface area contributed by atoms with E-state index in [1.807, 2.05) is 19.3 Å². The second kappa shape index (κ2) is 7.54. The zero-order chi connectivity index (χ0) is 19.0. The van der Waals surface area contributed by atoms with E-state index in [4.69, 9.17) is 9.47 Å². The van der Waals surface area contributed by atoms with Gasteiger partial charge in [-0.25, -0.2) is 4.98 Å². The number of fused-ring (bicyclic) bond motifs is 1. The molecule has 2 aromatic rings. The third-order valence-corrected chi connectivity index (χ3v) is 7.68. The summed E-state index contributed by atoms with van der Waals surface area (Å²) in [5, 5.41) is 1.03. The average molecular weight is 405 g/mol. The van der Waals surface area contributed by atoms with Crippen molar-refractivity contribution < 1.29 is 14.3 Å². The van der Waals surface area contributed by atoms with Crippen LogP contribution in [0.1, 0.15) is 36.8 Å². The maximum atomic E-state index is 11.9. The maximum absolute atomic E-state index is 11.9. The molecule has 0 bridgehead atoms. The highest BCUT2D eigenvalue weighted by Gasteiger charge is 2.40. The Kier molecular flexibility index (Phi) is 5.29. The van der Waals surface area contributed by atoms with Crippen LogP contribution in [0, 0.1) is 0 Å². The number of thiazole rings is 1. The Morgan fingerprint density at radius 2 is 2.26 bits per heavy atom. The molecule has 27 heavy (non-hydrogen) atoms. The van der Waals surface area contributed by atoms with Gasteiger partial charge in [0.25, 0.3) is 0 Å². The monoisotopic (exact) mass is 404 g/mol. The number of amides is 1. The number of hydrogen-bond acceptors (Lipinski definition) is 6. The third-order valence-electron chi connectivity index (χ3n) is 5.40. The Hall–Kier alpha value is -1.41. The number of benzene rings is 1. The molecule has 1 amide bonds. The van der Waals surface area contributed by atoms with E-state index in [0.717, 1.165) is 34.2 Å². The van der Waals surface area contributed by atoms with Gasteiger partial charge in [-0.15, -0.1) is 11.3 Å². The quantitative estimate of drug-likeness (QED) is 0.763. The molecule has 1 saturated heterocycles. The standard InChI is InChI=1S/C20H24N2O3S2/c1-13-11-20(24-3,8-9-25-13)19-21-12-18(27-19)26-15-5-6-16-14(10-15)4-7-17(23)22(16)2/h5-6,10,12-13H,4,7-9,11H2,1-3H3/t13-,20+/m0/s1.